The summed E-state index contributed by atoms with van der Waals surface area (Å²) in [4.78, 5) is 12.5. The topological polar surface area (TPSA) is 95.8 Å². The van der Waals surface area contributed by atoms with Gasteiger partial charge in [0.25, 0.3) is 0 Å². The number of H-pyrrole nitrogens is 1. The van der Waals surface area contributed by atoms with Crippen LogP contribution in [0.3, 0.4) is 0 Å². The molecule has 0 unspecified atom stereocenters. The van der Waals surface area contributed by atoms with Crippen LogP contribution in [0.15, 0.2) is 36.4 Å². The molecule has 26 heavy (non-hydrogen) atoms. The van der Waals surface area contributed by atoms with Gasteiger partial charge in [0.2, 0.25) is 5.91 Å². The maximum absolute atomic E-state index is 12.5. The number of nitrogens with one attached hydrogen (secondary N) is 3. The van der Waals surface area contributed by atoms with Gasteiger partial charge in [-0.15, -0.1) is 0 Å². The summed E-state index contributed by atoms with van der Waals surface area (Å²) in [6.07, 6.45) is 1.91. The Morgan fingerprint density at radius 3 is 2.96 bits per heavy atom. The van der Waals surface area contributed by atoms with E-state index in [1.165, 1.54) is 0 Å². The predicted octanol–water partition coefficient (Wildman–Crippen LogP) is 3.40. The quantitative estimate of drug-likeness (QED) is 0.532. The molecule has 134 valence electrons. The van der Waals surface area contributed by atoms with Crippen LogP contribution in [0.5, 0.6) is 0 Å². The lowest BCUT2D eigenvalue weighted by atomic mass is 9.99. The smallest absolute Gasteiger partial charge is 0.229 e. The van der Waals surface area contributed by atoms with Gasteiger partial charge in [0.05, 0.1) is 11.4 Å². The van der Waals surface area contributed by atoms with E-state index >= 15 is 0 Å². The maximum Gasteiger partial charge on any atom is 0.229 e. The number of nitrogens with two attached hydrogens (primary N) is 1. The molecular formula is C19H20ClN5O. The Kier molecular flexibility index (Phi) is 4.53. The molecule has 0 aliphatic carbocycles. The first-order valence-corrected chi connectivity index (χ1v) is 9.05. The molecule has 1 saturated heterocycles. The number of benzene rings is 2. The van der Waals surface area contributed by atoms with E-state index < -0.39 is 0 Å². The second-order valence-corrected chi connectivity index (χ2v) is 7.01. The summed E-state index contributed by atoms with van der Waals surface area (Å²) in [6.45, 7) is 1.68. The van der Waals surface area contributed by atoms with Crippen LogP contribution in [-0.4, -0.2) is 29.2 Å². The standard InChI is InChI=1S/C19H20ClN5O/c20-16-5-4-13(21)9-14(16)11-3-6-17-15(8-11)18(25-24-17)23-19(26)12-2-1-7-22-10-12/h3-6,8-9,12,22H,1-2,7,10,21H2,(H2,23,24,25,26)/t12-/m1/s1. The summed E-state index contributed by atoms with van der Waals surface area (Å²) in [6, 6.07) is 11.2. The summed E-state index contributed by atoms with van der Waals surface area (Å²) in [5.41, 5.74) is 9.17. The third-order valence-electron chi connectivity index (χ3n) is 4.77. The number of halogens is 1. The zero-order valence-corrected chi connectivity index (χ0v) is 14.9. The lowest BCUT2D eigenvalue weighted by Gasteiger charge is -2.21. The van der Waals surface area contributed by atoms with Gasteiger partial charge in [-0.05, 0) is 55.3 Å². The van der Waals surface area contributed by atoms with E-state index in [4.69, 9.17) is 17.3 Å². The van der Waals surface area contributed by atoms with Gasteiger partial charge in [0, 0.05) is 28.2 Å². The van der Waals surface area contributed by atoms with Crippen molar-refractivity contribution < 1.29 is 4.79 Å². The minimum absolute atomic E-state index is 0.00186. The molecule has 1 aliphatic heterocycles. The normalized spacial score (nSPS) is 17.3. The Balaban J connectivity index is 1.66. The van der Waals surface area contributed by atoms with Crippen LogP contribution in [0.4, 0.5) is 11.5 Å². The zero-order chi connectivity index (χ0) is 18.1. The van der Waals surface area contributed by atoms with Gasteiger partial charge in [0.15, 0.2) is 5.82 Å². The van der Waals surface area contributed by atoms with E-state index in [2.05, 4.69) is 20.8 Å². The molecule has 1 atom stereocenters. The number of anilines is 2. The summed E-state index contributed by atoms with van der Waals surface area (Å²) in [5, 5.41) is 14.9. The fraction of sp³-hybridized carbons (Fsp3) is 0.263. The number of amides is 1. The summed E-state index contributed by atoms with van der Waals surface area (Å²) < 4.78 is 0. The fourth-order valence-electron chi connectivity index (χ4n) is 3.34. The fourth-order valence-corrected chi connectivity index (χ4v) is 3.56. The van der Waals surface area contributed by atoms with Crippen molar-refractivity contribution in [3.8, 4) is 11.1 Å². The van der Waals surface area contributed by atoms with Crippen LogP contribution in [0.1, 0.15) is 12.8 Å². The van der Waals surface area contributed by atoms with Gasteiger partial charge < -0.3 is 16.4 Å². The highest BCUT2D eigenvalue weighted by Gasteiger charge is 2.22. The first-order valence-electron chi connectivity index (χ1n) is 8.67. The monoisotopic (exact) mass is 369 g/mol. The molecule has 4 rings (SSSR count). The molecule has 7 heteroatoms. The van der Waals surface area contributed by atoms with Crippen LogP contribution in [0, 0.1) is 5.92 Å². The van der Waals surface area contributed by atoms with Crippen molar-refractivity contribution in [1.82, 2.24) is 15.5 Å². The Morgan fingerprint density at radius 2 is 2.15 bits per heavy atom. The van der Waals surface area contributed by atoms with Crippen LogP contribution in [0.25, 0.3) is 22.0 Å². The average Bonchev–Trinajstić information content (AvgIpc) is 3.06. The molecule has 1 fully saturated rings. The number of carbonyl (C=O) groups is 1. The molecule has 2 heterocycles. The van der Waals surface area contributed by atoms with E-state index in [0.717, 1.165) is 41.4 Å². The van der Waals surface area contributed by atoms with Crippen molar-refractivity contribution in [3.05, 3.63) is 41.4 Å². The van der Waals surface area contributed by atoms with Crippen molar-refractivity contribution >= 4 is 39.9 Å². The molecule has 0 radical (unpaired) electrons. The first kappa shape index (κ1) is 16.9. The molecule has 0 spiro atoms. The number of nitrogen functional groups attached to an aromatic ring is 1. The van der Waals surface area contributed by atoms with Gasteiger partial charge in [-0.25, -0.2) is 0 Å². The van der Waals surface area contributed by atoms with Crippen molar-refractivity contribution in [2.75, 3.05) is 24.1 Å². The number of hydrogen-bond acceptors (Lipinski definition) is 4. The van der Waals surface area contributed by atoms with E-state index in [-0.39, 0.29) is 11.8 Å². The lowest BCUT2D eigenvalue weighted by molar-refractivity contribution is -0.120. The molecule has 0 bridgehead atoms. The van der Waals surface area contributed by atoms with Gasteiger partial charge in [-0.2, -0.15) is 5.10 Å². The van der Waals surface area contributed by atoms with E-state index in [1.54, 1.807) is 12.1 Å². The lowest BCUT2D eigenvalue weighted by Crippen LogP contribution is -2.37. The molecule has 0 saturated carbocycles. The van der Waals surface area contributed by atoms with E-state index in [0.29, 0.717) is 23.1 Å². The number of aromatic amines is 1. The number of aromatic nitrogens is 2. The SMILES string of the molecule is Nc1ccc(Cl)c(-c2ccc3[nH]nc(NC(=O)[C@@H]4CCCNC4)c3c2)c1. The number of rotatable bonds is 3. The number of hydrogen-bond donors (Lipinski definition) is 4. The Bertz CT molecular complexity index is 962. The highest BCUT2D eigenvalue weighted by atomic mass is 35.5. The maximum atomic E-state index is 12.5. The van der Waals surface area contributed by atoms with Crippen molar-refractivity contribution in [3.63, 3.8) is 0 Å². The van der Waals surface area contributed by atoms with Crippen molar-refractivity contribution in [2.24, 2.45) is 5.92 Å². The van der Waals surface area contributed by atoms with Gasteiger partial charge in [0.1, 0.15) is 0 Å². The molecule has 5 N–H and O–H groups in total. The number of fused-ring (bicyclic) bond motifs is 1. The van der Waals surface area contributed by atoms with Gasteiger partial charge in [-0.3, -0.25) is 9.89 Å². The predicted molar refractivity (Wildman–Crippen MR) is 105 cm³/mol. The van der Waals surface area contributed by atoms with Crippen LogP contribution in [-0.2, 0) is 4.79 Å². The third kappa shape index (κ3) is 3.25. The minimum Gasteiger partial charge on any atom is -0.399 e. The second-order valence-electron chi connectivity index (χ2n) is 6.60. The third-order valence-corrected chi connectivity index (χ3v) is 5.10. The molecule has 3 aromatic rings. The van der Waals surface area contributed by atoms with Crippen LogP contribution < -0.4 is 16.4 Å². The number of piperidine rings is 1. The van der Waals surface area contributed by atoms with E-state index in [9.17, 15) is 4.79 Å². The van der Waals surface area contributed by atoms with Gasteiger partial charge >= 0.3 is 0 Å². The Labute approximate surface area is 156 Å². The summed E-state index contributed by atoms with van der Waals surface area (Å²) in [5.74, 6) is 0.512. The van der Waals surface area contributed by atoms with Crippen LogP contribution >= 0.6 is 11.6 Å². The Morgan fingerprint density at radius 1 is 1.27 bits per heavy atom. The molecule has 1 amide bonds. The van der Waals surface area contributed by atoms with Crippen molar-refractivity contribution in [1.29, 1.82) is 0 Å². The summed E-state index contributed by atoms with van der Waals surface area (Å²) >= 11 is 6.33. The molecule has 2 aromatic carbocycles. The van der Waals surface area contributed by atoms with Gasteiger partial charge in [-0.1, -0.05) is 17.7 Å². The molecular weight excluding hydrogens is 350 g/mol. The summed E-state index contributed by atoms with van der Waals surface area (Å²) in [7, 11) is 0. The highest BCUT2D eigenvalue weighted by molar-refractivity contribution is 6.33. The first-order chi connectivity index (χ1) is 12.6. The molecule has 1 aliphatic rings. The highest BCUT2D eigenvalue weighted by Crippen LogP contribution is 2.33. The number of carbonyl (C=O) groups excluding carboxylic acids is 1. The molecule has 1 aromatic heterocycles. The zero-order valence-electron chi connectivity index (χ0n) is 14.2. The van der Waals surface area contributed by atoms with E-state index in [1.807, 2.05) is 24.3 Å². The Hall–Kier alpha value is -2.57. The molecule has 6 nitrogen and oxygen atoms in total. The second kappa shape index (κ2) is 6.97. The average molecular weight is 370 g/mol. The minimum atomic E-state index is -0.0259. The largest absolute Gasteiger partial charge is 0.399 e. The number of nitrogens with zero attached hydrogens (tertiary/aromatic N) is 1. The van der Waals surface area contributed by atoms with Crippen molar-refractivity contribution in [2.45, 2.75) is 12.8 Å². The van der Waals surface area contributed by atoms with Crippen LogP contribution in [0.2, 0.25) is 5.02 Å².